The summed E-state index contributed by atoms with van der Waals surface area (Å²) in [5.74, 6) is 0. The Kier molecular flexibility index (Phi) is 6.56. The second kappa shape index (κ2) is 8.09. The quantitative estimate of drug-likeness (QED) is 0.717. The number of carbonyl (C=O) groups is 2. The van der Waals surface area contributed by atoms with Crippen LogP contribution in [0.2, 0.25) is 0 Å². The molecular weight excluding hydrogens is 399 g/mol. The first kappa shape index (κ1) is 25.1. The van der Waals surface area contributed by atoms with Crippen LogP contribution < -0.4 is 5.46 Å². The maximum absolute atomic E-state index is 12.6. The summed E-state index contributed by atoms with van der Waals surface area (Å²) in [4.78, 5) is 29.6. The van der Waals surface area contributed by atoms with Crippen LogP contribution in [0.3, 0.4) is 0 Å². The fourth-order valence-electron chi connectivity index (χ4n) is 3.41. The molecule has 9 heteroatoms. The van der Waals surface area contributed by atoms with Crippen LogP contribution in [-0.2, 0) is 20.5 Å². The predicted molar refractivity (Wildman–Crippen MR) is 119 cm³/mol. The van der Waals surface area contributed by atoms with Crippen molar-refractivity contribution < 1.29 is 28.7 Å². The maximum atomic E-state index is 12.6. The van der Waals surface area contributed by atoms with Gasteiger partial charge in [0.25, 0.3) is 0 Å². The van der Waals surface area contributed by atoms with Crippen LogP contribution in [0.5, 0.6) is 0 Å². The molecule has 2 amide bonds. The second-order valence-electron chi connectivity index (χ2n) is 10.7. The summed E-state index contributed by atoms with van der Waals surface area (Å²) in [6.07, 6.45) is 1.37. The second-order valence-corrected chi connectivity index (χ2v) is 10.7. The van der Waals surface area contributed by atoms with Gasteiger partial charge in [-0.2, -0.15) is 0 Å². The first-order valence-electron chi connectivity index (χ1n) is 10.4. The van der Waals surface area contributed by atoms with Gasteiger partial charge in [-0.05, 0) is 86.8 Å². The number of carboxylic acid groups (broad SMARTS) is 1. The van der Waals surface area contributed by atoms with Gasteiger partial charge >= 0.3 is 19.3 Å². The number of hydrogen-bond acceptors (Lipinski definition) is 6. The van der Waals surface area contributed by atoms with Gasteiger partial charge in [-0.15, -0.1) is 0 Å². The highest BCUT2D eigenvalue weighted by Crippen LogP contribution is 2.37. The minimum absolute atomic E-state index is 0.255. The van der Waals surface area contributed by atoms with Gasteiger partial charge in [0.1, 0.15) is 5.60 Å². The molecule has 172 valence electrons. The molecule has 1 N–H and O–H groups in total. The molecule has 0 radical (unpaired) electrons. The topological polar surface area (TPSA) is 98.2 Å². The number of rotatable bonds is 4. The molecular formula is C22H35BN2O6. The highest BCUT2D eigenvalue weighted by atomic mass is 16.7. The minimum Gasteiger partial charge on any atom is -0.465 e. The summed E-state index contributed by atoms with van der Waals surface area (Å²) >= 11 is 0. The molecule has 0 aliphatic carbocycles. The summed E-state index contributed by atoms with van der Waals surface area (Å²) < 4.78 is 17.6. The Morgan fingerprint density at radius 2 is 1.61 bits per heavy atom. The van der Waals surface area contributed by atoms with Crippen molar-refractivity contribution in [2.75, 3.05) is 0 Å². The number of ether oxygens (including phenoxy) is 1. The molecule has 8 nitrogen and oxygen atoms in total. The van der Waals surface area contributed by atoms with Gasteiger partial charge in [-0.25, -0.2) is 14.5 Å². The molecule has 0 unspecified atom stereocenters. The van der Waals surface area contributed by atoms with Crippen LogP contribution in [0.15, 0.2) is 12.4 Å². The maximum Gasteiger partial charge on any atom is 0.496 e. The van der Waals surface area contributed by atoms with Gasteiger partial charge < -0.3 is 19.2 Å². The highest BCUT2D eigenvalue weighted by molar-refractivity contribution is 6.62. The molecule has 1 fully saturated rings. The lowest BCUT2D eigenvalue weighted by Gasteiger charge is -2.36. The molecule has 31 heavy (non-hydrogen) atoms. The van der Waals surface area contributed by atoms with Gasteiger partial charge in [0.15, 0.2) is 0 Å². The third kappa shape index (κ3) is 5.38. The Bertz CT molecular complexity index is 844. The molecule has 2 rings (SSSR count). The van der Waals surface area contributed by atoms with E-state index in [-0.39, 0.29) is 6.42 Å². The van der Waals surface area contributed by atoms with E-state index in [4.69, 9.17) is 14.0 Å². The molecule has 1 aliphatic rings. The number of imide groups is 1. The lowest BCUT2D eigenvalue weighted by Crippen LogP contribution is -2.53. The molecule has 1 aliphatic heterocycles. The van der Waals surface area contributed by atoms with Crippen molar-refractivity contribution in [2.45, 2.75) is 98.0 Å². The van der Waals surface area contributed by atoms with Crippen molar-refractivity contribution in [2.24, 2.45) is 0 Å². The summed E-state index contributed by atoms with van der Waals surface area (Å²) in [7, 11) is -0.581. The average molecular weight is 434 g/mol. The Morgan fingerprint density at radius 3 is 2.06 bits per heavy atom. The van der Waals surface area contributed by atoms with Crippen molar-refractivity contribution in [1.29, 1.82) is 0 Å². The number of hydrogen-bond donors (Lipinski definition) is 1. The fourth-order valence-corrected chi connectivity index (χ4v) is 3.41. The lowest BCUT2D eigenvalue weighted by atomic mass is 9.75. The lowest BCUT2D eigenvalue weighted by molar-refractivity contribution is 0.00578. The summed E-state index contributed by atoms with van der Waals surface area (Å²) in [6.45, 7) is 18.3. The summed E-state index contributed by atoms with van der Waals surface area (Å²) in [5.41, 5.74) is -0.398. The monoisotopic (exact) mass is 434 g/mol. The van der Waals surface area contributed by atoms with Crippen molar-refractivity contribution in [3.63, 3.8) is 0 Å². The van der Waals surface area contributed by atoms with Crippen molar-refractivity contribution >= 4 is 24.8 Å². The molecule has 0 spiro atoms. The zero-order chi connectivity index (χ0) is 24.0. The molecule has 2 heterocycles. The number of aromatic nitrogens is 1. The third-order valence-electron chi connectivity index (χ3n) is 5.86. The molecule has 0 atom stereocenters. The Hall–Kier alpha value is -2.13. The van der Waals surface area contributed by atoms with E-state index in [1.165, 1.54) is 0 Å². The van der Waals surface area contributed by atoms with Gasteiger partial charge in [0, 0.05) is 17.9 Å². The van der Waals surface area contributed by atoms with E-state index >= 15 is 0 Å². The van der Waals surface area contributed by atoms with Gasteiger partial charge in [0.05, 0.1) is 16.7 Å². The van der Waals surface area contributed by atoms with Crippen LogP contribution in [0.4, 0.5) is 9.59 Å². The zero-order valence-electron chi connectivity index (χ0n) is 20.3. The first-order chi connectivity index (χ1) is 13.9. The third-order valence-corrected chi connectivity index (χ3v) is 5.86. The predicted octanol–water partition coefficient (Wildman–Crippen LogP) is 3.93. The molecule has 0 aromatic carbocycles. The molecule has 1 aromatic rings. The molecule has 0 bridgehead atoms. The van der Waals surface area contributed by atoms with Crippen LogP contribution in [0.1, 0.15) is 73.4 Å². The number of nitrogens with zero attached hydrogens (tertiary/aromatic N) is 2. The highest BCUT2D eigenvalue weighted by Gasteiger charge is 2.52. The minimum atomic E-state index is -1.37. The van der Waals surface area contributed by atoms with Crippen molar-refractivity contribution in [1.82, 2.24) is 9.88 Å². The molecule has 0 saturated carbocycles. The normalized spacial score (nSPS) is 18.1. The van der Waals surface area contributed by atoms with E-state index in [9.17, 15) is 14.7 Å². The smallest absolute Gasteiger partial charge is 0.465 e. The van der Waals surface area contributed by atoms with Crippen molar-refractivity contribution in [3.8, 4) is 0 Å². The molecule has 1 aromatic heterocycles. The van der Waals surface area contributed by atoms with Crippen molar-refractivity contribution in [3.05, 3.63) is 23.5 Å². The summed E-state index contributed by atoms with van der Waals surface area (Å²) in [5, 5.41) is 9.74. The van der Waals surface area contributed by atoms with Gasteiger partial charge in [-0.3, -0.25) is 4.98 Å². The number of pyridine rings is 1. The number of amides is 2. The Balaban J connectivity index is 2.34. The van der Waals surface area contributed by atoms with Gasteiger partial charge in [-0.1, -0.05) is 0 Å². The zero-order valence-corrected chi connectivity index (χ0v) is 20.3. The largest absolute Gasteiger partial charge is 0.496 e. The van der Waals surface area contributed by atoms with E-state index in [2.05, 4.69) is 4.98 Å². The summed E-state index contributed by atoms with van der Waals surface area (Å²) in [6, 6.07) is 0. The van der Waals surface area contributed by atoms with E-state index in [1.807, 2.05) is 34.6 Å². The van der Waals surface area contributed by atoms with E-state index in [0.717, 1.165) is 21.5 Å². The SMILES string of the molecule is Cc1c(CC(C)(C)N(C(=O)O)C(=O)OC(C)(C)C)cncc1B1OC(C)(C)C(C)(C)O1. The van der Waals surface area contributed by atoms with Crippen LogP contribution in [0.25, 0.3) is 0 Å². The Labute approximate surface area is 185 Å². The van der Waals surface area contributed by atoms with Gasteiger partial charge in [0.2, 0.25) is 0 Å². The number of carbonyl (C=O) groups excluding carboxylic acids is 1. The van der Waals surface area contributed by atoms with Crippen LogP contribution >= 0.6 is 0 Å². The van der Waals surface area contributed by atoms with Crippen LogP contribution in [0, 0.1) is 6.92 Å². The fraction of sp³-hybridized carbons (Fsp3) is 0.682. The van der Waals surface area contributed by atoms with E-state index in [0.29, 0.717) is 0 Å². The van der Waals surface area contributed by atoms with Crippen LogP contribution in [-0.4, -0.2) is 56.6 Å². The van der Waals surface area contributed by atoms with E-state index in [1.54, 1.807) is 47.0 Å². The molecule has 1 saturated heterocycles. The first-order valence-corrected chi connectivity index (χ1v) is 10.4. The average Bonchev–Trinajstić information content (AvgIpc) is 2.74. The Morgan fingerprint density at radius 1 is 1.10 bits per heavy atom. The van der Waals surface area contributed by atoms with E-state index < -0.39 is 41.6 Å². The standard InChI is InChI=1S/C22H35BN2O6/c1-14-15(11-20(5,6)25(17(26)27)18(28)29-19(2,3)4)12-24-13-16(14)23-30-21(7,8)22(9,10)31-23/h12-13H,11H2,1-10H3,(H,26,27).